The van der Waals surface area contributed by atoms with E-state index in [0.717, 1.165) is 15.5 Å². The molecule has 0 aliphatic carbocycles. The van der Waals surface area contributed by atoms with Crippen molar-refractivity contribution in [1.29, 1.82) is 0 Å². The lowest BCUT2D eigenvalue weighted by Gasteiger charge is -1.99. The molecule has 2 rings (SSSR count). The van der Waals surface area contributed by atoms with E-state index < -0.39 is 10.1 Å². The molecule has 0 radical (unpaired) electrons. The van der Waals surface area contributed by atoms with Crippen LogP contribution in [0.25, 0.3) is 0 Å². The Labute approximate surface area is 117 Å². The third-order valence-corrected chi connectivity index (χ3v) is 4.30. The second-order valence-corrected chi connectivity index (χ2v) is 7.01. The standard InChI is InChI=1S/C13H15NO3S2/c1-10-2-4-12(5-3-10)18-13-8-11(9-14-13)6-7-19(15,16)17/h2-5,8-9,14H,6-7H2,1H3,(H,15,16,17). The van der Waals surface area contributed by atoms with Crippen LogP contribution in [0.4, 0.5) is 0 Å². The second-order valence-electron chi connectivity index (χ2n) is 4.32. The van der Waals surface area contributed by atoms with E-state index in [1.807, 2.05) is 37.3 Å². The van der Waals surface area contributed by atoms with Gasteiger partial charge in [-0.05, 0) is 37.1 Å². The molecule has 0 unspecified atom stereocenters. The van der Waals surface area contributed by atoms with Gasteiger partial charge in [-0.25, -0.2) is 0 Å². The predicted octanol–water partition coefficient (Wildman–Crippen LogP) is 2.90. The number of aromatic amines is 1. The van der Waals surface area contributed by atoms with Crippen LogP contribution in [0, 0.1) is 6.92 Å². The van der Waals surface area contributed by atoms with Gasteiger partial charge in [0.25, 0.3) is 10.1 Å². The number of rotatable bonds is 5. The Bertz CT molecular complexity index is 645. The van der Waals surface area contributed by atoms with Crippen molar-refractivity contribution < 1.29 is 13.0 Å². The van der Waals surface area contributed by atoms with E-state index in [-0.39, 0.29) is 5.75 Å². The molecule has 2 N–H and O–H groups in total. The maximum atomic E-state index is 10.7. The summed E-state index contributed by atoms with van der Waals surface area (Å²) in [4.78, 5) is 4.21. The van der Waals surface area contributed by atoms with Gasteiger partial charge in [0.15, 0.2) is 0 Å². The van der Waals surface area contributed by atoms with Crippen molar-refractivity contribution in [3.8, 4) is 0 Å². The molecule has 19 heavy (non-hydrogen) atoms. The molecule has 2 aromatic rings. The zero-order chi connectivity index (χ0) is 13.9. The predicted molar refractivity (Wildman–Crippen MR) is 76.2 cm³/mol. The Hall–Kier alpha value is -1.24. The lowest BCUT2D eigenvalue weighted by Crippen LogP contribution is -2.05. The van der Waals surface area contributed by atoms with Gasteiger partial charge in [0.1, 0.15) is 0 Å². The number of H-pyrrole nitrogens is 1. The van der Waals surface area contributed by atoms with Gasteiger partial charge in [0.2, 0.25) is 0 Å². The number of aromatic nitrogens is 1. The van der Waals surface area contributed by atoms with Gasteiger partial charge in [-0.15, -0.1) is 0 Å². The average Bonchev–Trinajstić information content (AvgIpc) is 2.77. The number of aryl methyl sites for hydroxylation is 2. The van der Waals surface area contributed by atoms with Crippen molar-refractivity contribution >= 4 is 21.9 Å². The fraction of sp³-hybridized carbons (Fsp3) is 0.231. The van der Waals surface area contributed by atoms with Crippen LogP contribution in [0.5, 0.6) is 0 Å². The number of hydrogen-bond acceptors (Lipinski definition) is 3. The molecule has 1 aromatic heterocycles. The summed E-state index contributed by atoms with van der Waals surface area (Å²) in [7, 11) is -3.90. The minimum absolute atomic E-state index is 0.251. The van der Waals surface area contributed by atoms with Crippen LogP contribution in [0.2, 0.25) is 0 Å². The molecular formula is C13H15NO3S2. The van der Waals surface area contributed by atoms with E-state index in [2.05, 4.69) is 4.98 Å². The molecule has 0 spiro atoms. The molecule has 0 aliphatic heterocycles. The fourth-order valence-electron chi connectivity index (χ4n) is 1.60. The lowest BCUT2D eigenvalue weighted by atomic mass is 10.2. The first-order valence-electron chi connectivity index (χ1n) is 5.79. The Balaban J connectivity index is 1.99. The number of hydrogen-bond donors (Lipinski definition) is 2. The van der Waals surface area contributed by atoms with Crippen LogP contribution in [-0.2, 0) is 16.5 Å². The van der Waals surface area contributed by atoms with Gasteiger partial charge >= 0.3 is 0 Å². The van der Waals surface area contributed by atoms with E-state index in [1.54, 1.807) is 18.0 Å². The highest BCUT2D eigenvalue weighted by Gasteiger charge is 2.07. The van der Waals surface area contributed by atoms with Crippen LogP contribution in [-0.4, -0.2) is 23.7 Å². The summed E-state index contributed by atoms with van der Waals surface area (Å²) in [6.45, 7) is 2.04. The molecule has 0 saturated carbocycles. The summed E-state index contributed by atoms with van der Waals surface area (Å²) in [6.07, 6.45) is 2.07. The van der Waals surface area contributed by atoms with Crippen LogP contribution < -0.4 is 0 Å². The summed E-state index contributed by atoms with van der Waals surface area (Å²) < 4.78 is 30.1. The van der Waals surface area contributed by atoms with E-state index in [1.165, 1.54) is 5.56 Å². The molecule has 0 amide bonds. The maximum Gasteiger partial charge on any atom is 0.265 e. The summed E-state index contributed by atoms with van der Waals surface area (Å²) >= 11 is 1.58. The monoisotopic (exact) mass is 297 g/mol. The first kappa shape index (κ1) is 14.2. The normalized spacial score (nSPS) is 11.7. The third kappa shape index (κ3) is 4.74. The smallest absolute Gasteiger partial charge is 0.265 e. The van der Waals surface area contributed by atoms with Crippen molar-refractivity contribution in [2.24, 2.45) is 0 Å². The Morgan fingerprint density at radius 1 is 1.26 bits per heavy atom. The van der Waals surface area contributed by atoms with Crippen LogP contribution in [0.1, 0.15) is 11.1 Å². The highest BCUT2D eigenvalue weighted by molar-refractivity contribution is 7.99. The van der Waals surface area contributed by atoms with Crippen molar-refractivity contribution in [3.63, 3.8) is 0 Å². The Kier molecular flexibility index (Phi) is 4.34. The minimum Gasteiger partial charge on any atom is -0.356 e. The molecule has 0 aliphatic rings. The van der Waals surface area contributed by atoms with Gasteiger partial charge in [0.05, 0.1) is 10.8 Å². The largest absolute Gasteiger partial charge is 0.356 e. The van der Waals surface area contributed by atoms with Crippen LogP contribution >= 0.6 is 11.8 Å². The summed E-state index contributed by atoms with van der Waals surface area (Å²) in [5, 5.41) is 0.953. The topological polar surface area (TPSA) is 70.2 Å². The van der Waals surface area contributed by atoms with Crippen molar-refractivity contribution in [3.05, 3.63) is 47.7 Å². The molecule has 4 nitrogen and oxygen atoms in total. The van der Waals surface area contributed by atoms with Crippen molar-refractivity contribution in [2.75, 3.05) is 5.75 Å². The molecule has 1 aromatic carbocycles. The zero-order valence-electron chi connectivity index (χ0n) is 10.5. The first-order valence-corrected chi connectivity index (χ1v) is 8.22. The Morgan fingerprint density at radius 2 is 1.95 bits per heavy atom. The molecule has 6 heteroatoms. The number of nitrogens with one attached hydrogen (secondary N) is 1. The van der Waals surface area contributed by atoms with Gasteiger partial charge in [-0.3, -0.25) is 4.55 Å². The molecule has 0 saturated heterocycles. The molecule has 0 atom stereocenters. The van der Waals surface area contributed by atoms with Crippen molar-refractivity contribution in [1.82, 2.24) is 4.98 Å². The summed E-state index contributed by atoms with van der Waals surface area (Å²) in [5.74, 6) is -0.251. The quantitative estimate of drug-likeness (QED) is 0.833. The molecule has 0 bridgehead atoms. The molecule has 1 heterocycles. The highest BCUT2D eigenvalue weighted by atomic mass is 32.2. The molecule has 102 valence electrons. The SMILES string of the molecule is Cc1ccc(Sc2cc(CCS(=O)(=O)O)c[nH]2)cc1. The van der Waals surface area contributed by atoms with Crippen LogP contribution in [0.15, 0.2) is 46.5 Å². The highest BCUT2D eigenvalue weighted by Crippen LogP contribution is 2.27. The molecular weight excluding hydrogens is 282 g/mol. The van der Waals surface area contributed by atoms with Crippen LogP contribution in [0.3, 0.4) is 0 Å². The van der Waals surface area contributed by atoms with Gasteiger partial charge in [-0.1, -0.05) is 29.5 Å². The van der Waals surface area contributed by atoms with E-state index in [9.17, 15) is 8.42 Å². The van der Waals surface area contributed by atoms with E-state index in [0.29, 0.717) is 6.42 Å². The maximum absolute atomic E-state index is 10.7. The number of benzene rings is 1. The van der Waals surface area contributed by atoms with E-state index >= 15 is 0 Å². The summed E-state index contributed by atoms with van der Waals surface area (Å²) in [5.41, 5.74) is 2.08. The Morgan fingerprint density at radius 3 is 2.58 bits per heavy atom. The molecule has 0 fully saturated rings. The lowest BCUT2D eigenvalue weighted by molar-refractivity contribution is 0.482. The van der Waals surface area contributed by atoms with Crippen molar-refractivity contribution in [2.45, 2.75) is 23.3 Å². The second kappa shape index (κ2) is 5.81. The van der Waals surface area contributed by atoms with E-state index in [4.69, 9.17) is 4.55 Å². The van der Waals surface area contributed by atoms with Gasteiger partial charge in [-0.2, -0.15) is 8.42 Å². The third-order valence-electron chi connectivity index (χ3n) is 2.61. The minimum atomic E-state index is -3.90. The van der Waals surface area contributed by atoms with Gasteiger partial charge in [0, 0.05) is 11.1 Å². The summed E-state index contributed by atoms with van der Waals surface area (Å²) in [6, 6.07) is 10.1. The average molecular weight is 297 g/mol. The fourth-order valence-corrected chi connectivity index (χ4v) is 2.95. The first-order chi connectivity index (χ1) is 8.92. The zero-order valence-corrected chi connectivity index (χ0v) is 12.1. The van der Waals surface area contributed by atoms with Gasteiger partial charge < -0.3 is 4.98 Å².